The zero-order chi connectivity index (χ0) is 9.14. The van der Waals surface area contributed by atoms with Crippen LogP contribution in [0.2, 0.25) is 0 Å². The Morgan fingerprint density at radius 3 is 3.00 bits per heavy atom. The van der Waals surface area contributed by atoms with Crippen molar-refractivity contribution in [2.45, 2.75) is 24.6 Å². The molecule has 6 heteroatoms. The molecule has 0 radical (unpaired) electrons. The summed E-state index contributed by atoms with van der Waals surface area (Å²) >= 11 is 0. The minimum Gasteiger partial charge on any atom is -0.391 e. The third-order valence-electron chi connectivity index (χ3n) is 1.27. The van der Waals surface area contributed by atoms with Crippen LogP contribution in [0.15, 0.2) is 17.3 Å². The first-order valence-electron chi connectivity index (χ1n) is 3.47. The van der Waals surface area contributed by atoms with Gasteiger partial charge in [0.1, 0.15) is 11.0 Å². The van der Waals surface area contributed by atoms with E-state index in [1.54, 1.807) is 19.2 Å². The van der Waals surface area contributed by atoms with Crippen LogP contribution in [0, 0.1) is 0 Å². The van der Waals surface area contributed by atoms with Crippen molar-refractivity contribution in [3.05, 3.63) is 12.3 Å². The Labute approximate surface area is 72.8 Å². The summed E-state index contributed by atoms with van der Waals surface area (Å²) in [5, 5.41) is 18.3. The van der Waals surface area contributed by atoms with E-state index in [1.807, 2.05) is 0 Å². The van der Waals surface area contributed by atoms with Crippen LogP contribution in [-0.4, -0.2) is 25.2 Å². The van der Waals surface area contributed by atoms with Crippen molar-refractivity contribution >= 4 is 11.0 Å². The van der Waals surface area contributed by atoms with Crippen LogP contribution in [0.25, 0.3) is 0 Å². The van der Waals surface area contributed by atoms with Crippen LogP contribution in [0.5, 0.6) is 0 Å². The molecule has 0 spiro atoms. The Kier molecular flexibility index (Phi) is 2.96. The zero-order valence-corrected chi connectivity index (χ0v) is 7.49. The van der Waals surface area contributed by atoms with Gasteiger partial charge in [-0.2, -0.15) is 5.10 Å². The van der Waals surface area contributed by atoms with E-state index in [2.05, 4.69) is 5.10 Å². The maximum Gasteiger partial charge on any atom is 0.164 e. The maximum absolute atomic E-state index is 10.7. The molecule has 0 saturated carbocycles. The van der Waals surface area contributed by atoms with Gasteiger partial charge in [-0.15, -0.1) is 0 Å². The number of aliphatic hydroxyl groups excluding tert-OH is 1. The summed E-state index contributed by atoms with van der Waals surface area (Å²) in [7, 11) is -1.54. The summed E-state index contributed by atoms with van der Waals surface area (Å²) in [5.41, 5.74) is 0. The molecule has 0 aliphatic carbocycles. The minimum atomic E-state index is -1.54. The molecular formula is C6H11N3O2S. The Morgan fingerprint density at radius 1 is 1.92 bits per heavy atom. The van der Waals surface area contributed by atoms with Gasteiger partial charge in [0, 0.05) is 6.20 Å². The van der Waals surface area contributed by atoms with Crippen LogP contribution < -0.4 is 5.14 Å². The van der Waals surface area contributed by atoms with E-state index < -0.39 is 17.1 Å². The van der Waals surface area contributed by atoms with Crippen molar-refractivity contribution in [3.8, 4) is 0 Å². The quantitative estimate of drug-likeness (QED) is 0.656. The number of aliphatic hydroxyl groups is 1. The molecule has 0 aliphatic rings. The molecule has 2 atom stereocenters. The first kappa shape index (κ1) is 9.37. The lowest BCUT2D eigenvalue weighted by Crippen LogP contribution is -2.13. The second-order valence-electron chi connectivity index (χ2n) is 2.52. The first-order valence-corrected chi connectivity index (χ1v) is 4.68. The second kappa shape index (κ2) is 3.79. The SMILES string of the molecule is C[C@@H](O)Cn1ccc(S(N)=O)n1. The summed E-state index contributed by atoms with van der Waals surface area (Å²) in [4.78, 5) is 0. The highest BCUT2D eigenvalue weighted by Crippen LogP contribution is 1.99. The molecule has 12 heavy (non-hydrogen) atoms. The second-order valence-corrected chi connectivity index (χ2v) is 3.54. The van der Waals surface area contributed by atoms with Gasteiger partial charge in [-0.05, 0) is 13.0 Å². The third-order valence-corrected chi connectivity index (χ3v) is 1.90. The van der Waals surface area contributed by atoms with Crippen molar-refractivity contribution in [2.75, 3.05) is 0 Å². The molecule has 3 N–H and O–H groups in total. The molecule has 5 nitrogen and oxygen atoms in total. The summed E-state index contributed by atoms with van der Waals surface area (Å²) in [6, 6.07) is 1.57. The molecule has 0 fully saturated rings. The third kappa shape index (κ3) is 2.40. The summed E-state index contributed by atoms with van der Waals surface area (Å²) in [5.74, 6) is 0. The molecule has 0 aliphatic heterocycles. The molecule has 1 aromatic heterocycles. The van der Waals surface area contributed by atoms with Crippen LogP contribution in [0.3, 0.4) is 0 Å². The zero-order valence-electron chi connectivity index (χ0n) is 6.67. The van der Waals surface area contributed by atoms with Gasteiger partial charge in [-0.3, -0.25) is 4.68 Å². The molecule has 1 rings (SSSR count). The topological polar surface area (TPSA) is 81.1 Å². The van der Waals surface area contributed by atoms with Gasteiger partial charge in [-0.25, -0.2) is 9.35 Å². The smallest absolute Gasteiger partial charge is 0.164 e. The van der Waals surface area contributed by atoms with Gasteiger partial charge < -0.3 is 5.11 Å². The Hall–Kier alpha value is -0.720. The summed E-state index contributed by atoms with van der Waals surface area (Å²) in [6.45, 7) is 2.04. The average Bonchev–Trinajstić information content (AvgIpc) is 2.34. The van der Waals surface area contributed by atoms with Crippen molar-refractivity contribution in [3.63, 3.8) is 0 Å². The highest BCUT2D eigenvalue weighted by molar-refractivity contribution is 7.82. The fourth-order valence-corrected chi connectivity index (χ4v) is 1.20. The number of nitrogens with zero attached hydrogens (tertiary/aromatic N) is 2. The molecule has 1 heterocycles. The highest BCUT2D eigenvalue weighted by atomic mass is 32.2. The Balaban J connectivity index is 2.71. The van der Waals surface area contributed by atoms with E-state index in [1.165, 1.54) is 4.68 Å². The van der Waals surface area contributed by atoms with E-state index in [4.69, 9.17) is 10.2 Å². The largest absolute Gasteiger partial charge is 0.391 e. The van der Waals surface area contributed by atoms with E-state index >= 15 is 0 Å². The molecule has 1 unspecified atom stereocenters. The number of aromatic nitrogens is 2. The minimum absolute atomic E-state index is 0.329. The Bertz CT molecular complexity index is 284. The molecular weight excluding hydrogens is 178 g/mol. The van der Waals surface area contributed by atoms with E-state index in [0.717, 1.165) is 0 Å². The first-order chi connectivity index (χ1) is 5.59. The van der Waals surface area contributed by atoms with Gasteiger partial charge in [0.2, 0.25) is 0 Å². The van der Waals surface area contributed by atoms with Crippen LogP contribution in [0.1, 0.15) is 6.92 Å². The number of hydrogen-bond acceptors (Lipinski definition) is 3. The lowest BCUT2D eigenvalue weighted by atomic mass is 10.4. The number of rotatable bonds is 3. The number of nitrogens with two attached hydrogens (primary N) is 1. The standard InChI is InChI=1S/C6H11N3O2S/c1-5(10)4-9-3-2-6(8-9)12(7)11/h2-3,5,10H,4,7H2,1H3/t5-,12?/m1/s1. The van der Waals surface area contributed by atoms with Gasteiger partial charge >= 0.3 is 0 Å². The fraction of sp³-hybridized carbons (Fsp3) is 0.500. The van der Waals surface area contributed by atoms with Crippen molar-refractivity contribution in [1.82, 2.24) is 9.78 Å². The van der Waals surface area contributed by atoms with Gasteiger partial charge in [-0.1, -0.05) is 0 Å². The molecule has 0 amide bonds. The maximum atomic E-state index is 10.7. The number of hydrogen-bond donors (Lipinski definition) is 2. The normalized spacial score (nSPS) is 15.9. The predicted molar refractivity (Wildman–Crippen MR) is 44.5 cm³/mol. The fourth-order valence-electron chi connectivity index (χ4n) is 0.823. The van der Waals surface area contributed by atoms with Crippen LogP contribution in [0.4, 0.5) is 0 Å². The molecule has 1 aromatic rings. The molecule has 0 aromatic carbocycles. The monoisotopic (exact) mass is 189 g/mol. The highest BCUT2D eigenvalue weighted by Gasteiger charge is 2.04. The lowest BCUT2D eigenvalue weighted by Gasteiger charge is -2.02. The van der Waals surface area contributed by atoms with Crippen molar-refractivity contribution in [2.24, 2.45) is 5.14 Å². The summed E-state index contributed by atoms with van der Waals surface area (Å²) in [6.07, 6.45) is 1.16. The lowest BCUT2D eigenvalue weighted by molar-refractivity contribution is 0.168. The van der Waals surface area contributed by atoms with Gasteiger partial charge in [0.15, 0.2) is 5.03 Å². The van der Waals surface area contributed by atoms with Crippen molar-refractivity contribution in [1.29, 1.82) is 0 Å². The predicted octanol–water partition coefficient (Wildman–Crippen LogP) is -0.755. The molecule has 0 bridgehead atoms. The van der Waals surface area contributed by atoms with E-state index in [-0.39, 0.29) is 0 Å². The van der Waals surface area contributed by atoms with Crippen LogP contribution >= 0.6 is 0 Å². The van der Waals surface area contributed by atoms with Crippen LogP contribution in [-0.2, 0) is 17.5 Å². The van der Waals surface area contributed by atoms with E-state index in [0.29, 0.717) is 11.6 Å². The van der Waals surface area contributed by atoms with E-state index in [9.17, 15) is 4.21 Å². The molecule has 68 valence electrons. The molecule has 0 saturated heterocycles. The van der Waals surface area contributed by atoms with Gasteiger partial charge in [0.05, 0.1) is 12.6 Å². The van der Waals surface area contributed by atoms with Crippen molar-refractivity contribution < 1.29 is 9.32 Å². The average molecular weight is 189 g/mol. The summed E-state index contributed by atoms with van der Waals surface area (Å²) < 4.78 is 12.2. The van der Waals surface area contributed by atoms with Gasteiger partial charge in [0.25, 0.3) is 0 Å². The Morgan fingerprint density at radius 2 is 2.58 bits per heavy atom.